The van der Waals surface area contributed by atoms with Gasteiger partial charge in [0.1, 0.15) is 6.67 Å². The van der Waals surface area contributed by atoms with Crippen LogP contribution in [0.15, 0.2) is 60.7 Å². The summed E-state index contributed by atoms with van der Waals surface area (Å²) in [4.78, 5) is 0. The number of benzene rings is 2. The van der Waals surface area contributed by atoms with Crippen molar-refractivity contribution in [3.05, 3.63) is 71.8 Å². The summed E-state index contributed by atoms with van der Waals surface area (Å²) in [6, 6.07) is 16.9. The first-order valence-electron chi connectivity index (χ1n) is 13.6. The molecule has 2 aromatic carbocycles. The van der Waals surface area contributed by atoms with Crippen LogP contribution in [0.1, 0.15) is 88.7 Å². The number of alkyl halides is 1. The average Bonchev–Trinajstić information content (AvgIpc) is 2.89. The number of aryl methyl sites for hydroxylation is 1. The predicted octanol–water partition coefficient (Wildman–Crippen LogP) is 9.72. The van der Waals surface area contributed by atoms with Gasteiger partial charge < -0.3 is 0 Å². The van der Waals surface area contributed by atoms with Gasteiger partial charge in [-0.25, -0.2) is 4.39 Å². The van der Waals surface area contributed by atoms with E-state index in [1.165, 1.54) is 93.7 Å². The minimum Gasteiger partial charge on any atom is -0.246 e. The minimum atomic E-state index is -0.390. The highest BCUT2D eigenvalue weighted by Gasteiger charge is 2.30. The summed E-state index contributed by atoms with van der Waals surface area (Å²) < 4.78 is 12.7. The van der Waals surface area contributed by atoms with Crippen LogP contribution in [-0.4, -0.2) is 0 Å². The molecule has 0 bridgehead atoms. The maximum atomic E-state index is 12.7. The fourth-order valence-electron chi connectivity index (χ4n) is 6.42. The quantitative estimate of drug-likeness (QED) is 0.336. The molecule has 0 radical (unpaired) electrons. The Hall–Kier alpha value is -1.89. The third-order valence-corrected chi connectivity index (χ3v) is 8.66. The van der Waals surface area contributed by atoms with Gasteiger partial charge in [-0.3, -0.25) is 0 Å². The van der Waals surface area contributed by atoms with Gasteiger partial charge in [0.05, 0.1) is 0 Å². The monoisotopic (exact) mass is 446 g/mol. The second kappa shape index (κ2) is 12.5. The van der Waals surface area contributed by atoms with E-state index >= 15 is 0 Å². The van der Waals surface area contributed by atoms with E-state index in [9.17, 15) is 4.39 Å². The topological polar surface area (TPSA) is 0 Å². The summed E-state index contributed by atoms with van der Waals surface area (Å²) in [7, 11) is 0. The highest BCUT2D eigenvalue weighted by Crippen LogP contribution is 2.43. The van der Waals surface area contributed by atoms with Crippen molar-refractivity contribution in [2.45, 2.75) is 90.6 Å². The molecule has 1 heteroatoms. The van der Waals surface area contributed by atoms with E-state index < -0.39 is 0 Å². The zero-order chi connectivity index (χ0) is 22.9. The van der Waals surface area contributed by atoms with Crippen LogP contribution in [-0.2, 0) is 13.1 Å². The van der Waals surface area contributed by atoms with Crippen molar-refractivity contribution >= 4 is 0 Å². The molecule has 178 valence electrons. The number of hydrogen-bond acceptors (Lipinski definition) is 0. The molecule has 0 unspecified atom stereocenters. The molecule has 0 spiro atoms. The molecular weight excluding hydrogens is 403 g/mol. The Morgan fingerprint density at radius 3 is 1.64 bits per heavy atom. The molecule has 2 aromatic rings. The second-order valence-electron chi connectivity index (χ2n) is 10.8. The Kier molecular flexibility index (Phi) is 9.21. The minimum absolute atomic E-state index is 0.390. The van der Waals surface area contributed by atoms with Crippen molar-refractivity contribution in [2.24, 2.45) is 23.7 Å². The van der Waals surface area contributed by atoms with Crippen molar-refractivity contribution in [3.8, 4) is 11.1 Å². The van der Waals surface area contributed by atoms with E-state index in [1.807, 2.05) is 24.3 Å². The van der Waals surface area contributed by atoms with Gasteiger partial charge in [0, 0.05) is 0 Å². The lowest BCUT2D eigenvalue weighted by molar-refractivity contribution is 0.141. The van der Waals surface area contributed by atoms with Gasteiger partial charge in [-0.2, -0.15) is 0 Å². The smallest absolute Gasteiger partial charge is 0.115 e. The molecule has 2 aliphatic rings. The molecule has 0 amide bonds. The molecule has 33 heavy (non-hydrogen) atoms. The third-order valence-electron chi connectivity index (χ3n) is 8.66. The lowest BCUT2D eigenvalue weighted by Gasteiger charge is -2.38. The Labute approximate surface area is 201 Å². The first-order chi connectivity index (χ1) is 16.2. The van der Waals surface area contributed by atoms with E-state index in [2.05, 4.69) is 43.3 Å². The summed E-state index contributed by atoms with van der Waals surface area (Å²) in [6.45, 7) is 1.75. The molecule has 0 aliphatic heterocycles. The number of rotatable bonds is 9. The standard InChI is InChI=1S/C32H43F/c1-2-3-4-5-25-8-16-29(17-9-25)30-18-10-26(11-19-30)6-7-27-12-20-31(21-13-27)32-22-14-28(24-33)15-23-32/h2-3,12-15,20-23,25-26,29-30H,4-11,16-19,24H2,1H3/b3-2+. The first kappa shape index (κ1) is 24.2. The Bertz CT molecular complexity index is 831. The summed E-state index contributed by atoms with van der Waals surface area (Å²) in [5, 5.41) is 0. The van der Waals surface area contributed by atoms with E-state index in [4.69, 9.17) is 0 Å². The lowest BCUT2D eigenvalue weighted by Crippen LogP contribution is -2.26. The van der Waals surface area contributed by atoms with Crippen LogP contribution >= 0.6 is 0 Å². The summed E-state index contributed by atoms with van der Waals surface area (Å²) in [5.41, 5.74) is 4.60. The van der Waals surface area contributed by atoms with E-state index in [-0.39, 0.29) is 6.67 Å². The zero-order valence-electron chi connectivity index (χ0n) is 20.7. The normalized spacial score (nSPS) is 26.0. The van der Waals surface area contributed by atoms with Crippen molar-refractivity contribution in [1.29, 1.82) is 0 Å². The molecule has 2 aliphatic carbocycles. The molecule has 2 fully saturated rings. The molecule has 0 nitrogen and oxygen atoms in total. The molecule has 4 rings (SSSR count). The largest absolute Gasteiger partial charge is 0.246 e. The summed E-state index contributed by atoms with van der Waals surface area (Å²) in [5.74, 6) is 3.96. The predicted molar refractivity (Wildman–Crippen MR) is 140 cm³/mol. The van der Waals surface area contributed by atoms with E-state index in [0.29, 0.717) is 0 Å². The van der Waals surface area contributed by atoms with Gasteiger partial charge >= 0.3 is 0 Å². The zero-order valence-corrected chi connectivity index (χ0v) is 20.7. The molecule has 0 saturated heterocycles. The average molecular weight is 447 g/mol. The van der Waals surface area contributed by atoms with Crippen molar-refractivity contribution < 1.29 is 4.39 Å². The van der Waals surface area contributed by atoms with Crippen molar-refractivity contribution in [1.82, 2.24) is 0 Å². The summed E-state index contributed by atoms with van der Waals surface area (Å²) in [6.07, 6.45) is 21.6. The van der Waals surface area contributed by atoms with Crippen LogP contribution in [0.4, 0.5) is 4.39 Å². The lowest BCUT2D eigenvalue weighted by atomic mass is 9.68. The number of halogens is 1. The van der Waals surface area contributed by atoms with Crippen LogP contribution in [0.3, 0.4) is 0 Å². The Morgan fingerprint density at radius 1 is 0.667 bits per heavy atom. The SMILES string of the molecule is C/C=C/CCC1CCC(C2CCC(CCc3ccc(-c4ccc(CF)cc4)cc3)CC2)CC1. The second-order valence-corrected chi connectivity index (χ2v) is 10.8. The maximum Gasteiger partial charge on any atom is 0.115 e. The fraction of sp³-hybridized carbons (Fsp3) is 0.562. The van der Waals surface area contributed by atoms with Gasteiger partial charge in [-0.15, -0.1) is 0 Å². The molecular formula is C32H43F. The Morgan fingerprint density at radius 2 is 1.15 bits per heavy atom. The molecule has 0 N–H and O–H groups in total. The van der Waals surface area contributed by atoms with Gasteiger partial charge in [0.15, 0.2) is 0 Å². The van der Waals surface area contributed by atoms with Crippen LogP contribution in [0, 0.1) is 23.7 Å². The van der Waals surface area contributed by atoms with Crippen molar-refractivity contribution in [3.63, 3.8) is 0 Å². The third kappa shape index (κ3) is 7.05. The Balaban J connectivity index is 1.16. The molecule has 0 atom stereocenters. The number of hydrogen-bond donors (Lipinski definition) is 0. The highest BCUT2D eigenvalue weighted by atomic mass is 19.1. The van der Waals surface area contributed by atoms with Crippen LogP contribution < -0.4 is 0 Å². The van der Waals surface area contributed by atoms with Crippen LogP contribution in [0.5, 0.6) is 0 Å². The van der Waals surface area contributed by atoms with Gasteiger partial charge in [-0.05, 0) is 104 Å². The fourth-order valence-corrected chi connectivity index (χ4v) is 6.42. The molecule has 0 heterocycles. The van der Waals surface area contributed by atoms with E-state index in [0.717, 1.165) is 29.2 Å². The number of allylic oxidation sites excluding steroid dienone is 2. The summed E-state index contributed by atoms with van der Waals surface area (Å²) >= 11 is 0. The van der Waals surface area contributed by atoms with Crippen molar-refractivity contribution in [2.75, 3.05) is 0 Å². The van der Waals surface area contributed by atoms with Crippen LogP contribution in [0.25, 0.3) is 11.1 Å². The van der Waals surface area contributed by atoms with Gasteiger partial charge in [0.2, 0.25) is 0 Å². The van der Waals surface area contributed by atoms with Gasteiger partial charge in [-0.1, -0.05) is 86.4 Å². The maximum absolute atomic E-state index is 12.7. The molecule has 2 saturated carbocycles. The van der Waals surface area contributed by atoms with Gasteiger partial charge in [0.25, 0.3) is 0 Å². The molecule has 0 aromatic heterocycles. The van der Waals surface area contributed by atoms with Crippen LogP contribution in [0.2, 0.25) is 0 Å². The first-order valence-corrected chi connectivity index (χ1v) is 13.6. The highest BCUT2D eigenvalue weighted by molar-refractivity contribution is 5.63. The van der Waals surface area contributed by atoms with E-state index in [1.54, 1.807) is 0 Å².